The van der Waals surface area contributed by atoms with E-state index in [0.717, 1.165) is 6.20 Å². The van der Waals surface area contributed by atoms with Crippen molar-refractivity contribution in [2.45, 2.75) is 37.4 Å². The molecule has 2 unspecified atom stereocenters. The molecule has 1 aliphatic rings. The molecule has 0 bridgehead atoms. The molecule has 1 fully saturated rings. The third-order valence-electron chi connectivity index (χ3n) is 3.54. The van der Waals surface area contributed by atoms with Crippen molar-refractivity contribution >= 4 is 16.0 Å². The van der Waals surface area contributed by atoms with E-state index in [9.17, 15) is 13.2 Å². The number of rotatable bonds is 5. The first-order valence-electron chi connectivity index (χ1n) is 6.69. The number of nitrogens with one attached hydrogen (secondary N) is 1. The Hall–Kier alpha value is -1.45. The van der Waals surface area contributed by atoms with E-state index < -0.39 is 16.0 Å². The van der Waals surface area contributed by atoms with E-state index >= 15 is 0 Å². The van der Waals surface area contributed by atoms with E-state index in [1.54, 1.807) is 6.92 Å². The van der Waals surface area contributed by atoms with Gasteiger partial charge in [0.2, 0.25) is 0 Å². The minimum Gasteiger partial charge on any atom is -0.462 e. The predicted octanol–water partition coefficient (Wildman–Crippen LogP) is 0.384. The molecule has 0 aromatic carbocycles. The lowest BCUT2D eigenvalue weighted by molar-refractivity contribution is 0.0521. The molecule has 2 heterocycles. The number of hydrogen-bond acceptors (Lipinski definition) is 6. The summed E-state index contributed by atoms with van der Waals surface area (Å²) in [6, 6.07) is -0.270. The summed E-state index contributed by atoms with van der Waals surface area (Å²) < 4.78 is 36.8. The second-order valence-electron chi connectivity index (χ2n) is 4.79. The van der Waals surface area contributed by atoms with Crippen molar-refractivity contribution in [2.24, 2.45) is 0 Å². The highest BCUT2D eigenvalue weighted by Gasteiger charge is 2.38. The number of esters is 1. The van der Waals surface area contributed by atoms with Crippen LogP contribution in [0.3, 0.4) is 0 Å². The molecule has 0 spiro atoms. The fourth-order valence-electron chi connectivity index (χ4n) is 2.35. The zero-order valence-electron chi connectivity index (χ0n) is 12.2. The second-order valence-corrected chi connectivity index (χ2v) is 6.72. The third kappa shape index (κ3) is 2.94. The van der Waals surface area contributed by atoms with Crippen molar-refractivity contribution < 1.29 is 22.7 Å². The molecule has 21 heavy (non-hydrogen) atoms. The van der Waals surface area contributed by atoms with Gasteiger partial charge in [0.15, 0.2) is 5.03 Å². The molecule has 1 saturated heterocycles. The number of aromatic amines is 1. The number of sulfonamides is 1. The van der Waals surface area contributed by atoms with E-state index in [-0.39, 0.29) is 29.3 Å². The van der Waals surface area contributed by atoms with Gasteiger partial charge in [-0.15, -0.1) is 0 Å². The van der Waals surface area contributed by atoms with Crippen LogP contribution in [0.4, 0.5) is 0 Å². The number of ether oxygens (including phenoxy) is 2. The smallest absolute Gasteiger partial charge is 0.342 e. The summed E-state index contributed by atoms with van der Waals surface area (Å²) >= 11 is 0. The first-order valence-corrected chi connectivity index (χ1v) is 8.13. The molecule has 1 aromatic heterocycles. The second kappa shape index (κ2) is 6.12. The maximum absolute atomic E-state index is 12.6. The molecule has 1 aliphatic heterocycles. The minimum atomic E-state index is -3.87. The predicted molar refractivity (Wildman–Crippen MR) is 73.3 cm³/mol. The minimum absolute atomic E-state index is 0.0877. The van der Waals surface area contributed by atoms with Gasteiger partial charge in [0.1, 0.15) is 5.56 Å². The molecule has 2 rings (SSSR count). The van der Waals surface area contributed by atoms with E-state index in [1.165, 1.54) is 11.4 Å². The summed E-state index contributed by atoms with van der Waals surface area (Å²) in [5.74, 6) is -0.714. The molecule has 8 nitrogen and oxygen atoms in total. The summed E-state index contributed by atoms with van der Waals surface area (Å²) in [5, 5.41) is 5.79. The van der Waals surface area contributed by atoms with Crippen molar-refractivity contribution in [1.29, 1.82) is 0 Å². The number of H-pyrrole nitrogens is 1. The lowest BCUT2D eigenvalue weighted by Gasteiger charge is -2.25. The van der Waals surface area contributed by atoms with Gasteiger partial charge in [0, 0.05) is 13.7 Å². The first kappa shape index (κ1) is 15.9. The van der Waals surface area contributed by atoms with Crippen LogP contribution in [0.5, 0.6) is 0 Å². The number of carbonyl (C=O) groups is 1. The zero-order valence-corrected chi connectivity index (χ0v) is 13.0. The SMILES string of the molecule is CCOC(=O)c1cn[nH]c1S(=O)(=O)N(C)C1CCOC1C. The van der Waals surface area contributed by atoms with E-state index in [1.807, 2.05) is 6.92 Å². The molecule has 0 aliphatic carbocycles. The molecule has 0 radical (unpaired) electrons. The summed E-state index contributed by atoms with van der Waals surface area (Å²) in [7, 11) is -2.40. The van der Waals surface area contributed by atoms with E-state index in [4.69, 9.17) is 9.47 Å². The summed E-state index contributed by atoms with van der Waals surface area (Å²) in [5.41, 5.74) is -0.0877. The van der Waals surface area contributed by atoms with Crippen molar-refractivity contribution in [3.63, 3.8) is 0 Å². The van der Waals surface area contributed by atoms with Crippen molar-refractivity contribution in [1.82, 2.24) is 14.5 Å². The standard InChI is InChI=1S/C12H19N3O5S/c1-4-19-12(16)9-7-13-14-11(9)21(17,18)15(3)10-5-6-20-8(10)2/h7-8,10H,4-6H2,1-3H3,(H,13,14). The van der Waals surface area contributed by atoms with Crippen molar-refractivity contribution in [3.8, 4) is 0 Å². The fourth-order valence-corrected chi connectivity index (χ4v) is 3.85. The molecular formula is C12H19N3O5S. The Morgan fingerprint density at radius 2 is 2.33 bits per heavy atom. The van der Waals surface area contributed by atoms with Crippen LogP contribution in [-0.2, 0) is 19.5 Å². The highest BCUT2D eigenvalue weighted by atomic mass is 32.2. The van der Waals surface area contributed by atoms with Gasteiger partial charge in [-0.2, -0.15) is 9.40 Å². The largest absolute Gasteiger partial charge is 0.462 e. The van der Waals surface area contributed by atoms with Gasteiger partial charge >= 0.3 is 5.97 Å². The molecule has 9 heteroatoms. The maximum atomic E-state index is 12.6. The Bertz CT molecular complexity index is 612. The van der Waals surface area contributed by atoms with Crippen LogP contribution in [0.25, 0.3) is 0 Å². The Balaban J connectivity index is 2.32. The average Bonchev–Trinajstić information content (AvgIpc) is 3.06. The Morgan fingerprint density at radius 1 is 1.62 bits per heavy atom. The van der Waals surface area contributed by atoms with Gasteiger partial charge in [0.05, 0.1) is 24.9 Å². The molecule has 118 valence electrons. The van der Waals surface area contributed by atoms with Gasteiger partial charge in [-0.05, 0) is 20.3 Å². The van der Waals surface area contributed by atoms with Crippen LogP contribution in [0, 0.1) is 0 Å². The molecule has 1 aromatic rings. The van der Waals surface area contributed by atoms with Gasteiger partial charge < -0.3 is 9.47 Å². The summed E-state index contributed by atoms with van der Waals surface area (Å²) in [6.45, 7) is 4.14. The molecule has 0 saturated carbocycles. The quantitative estimate of drug-likeness (QED) is 0.788. The topological polar surface area (TPSA) is 102 Å². The highest BCUT2D eigenvalue weighted by molar-refractivity contribution is 7.89. The van der Waals surface area contributed by atoms with Gasteiger partial charge in [-0.1, -0.05) is 0 Å². The molecular weight excluding hydrogens is 298 g/mol. The van der Waals surface area contributed by atoms with Crippen LogP contribution in [-0.4, -0.2) is 61.3 Å². The number of hydrogen-bond donors (Lipinski definition) is 1. The fraction of sp³-hybridized carbons (Fsp3) is 0.667. The van der Waals surface area contributed by atoms with E-state index in [0.29, 0.717) is 13.0 Å². The summed E-state index contributed by atoms with van der Waals surface area (Å²) in [6.07, 6.45) is 1.58. The number of nitrogens with zero attached hydrogens (tertiary/aromatic N) is 2. The van der Waals surface area contributed by atoms with E-state index in [2.05, 4.69) is 10.2 Å². The normalized spacial score (nSPS) is 22.7. The van der Waals surface area contributed by atoms with Gasteiger partial charge in [-0.25, -0.2) is 13.2 Å². The van der Waals surface area contributed by atoms with Crippen LogP contribution < -0.4 is 0 Å². The van der Waals surface area contributed by atoms with Crippen LogP contribution >= 0.6 is 0 Å². The van der Waals surface area contributed by atoms with Crippen LogP contribution in [0.2, 0.25) is 0 Å². The number of carbonyl (C=O) groups excluding carboxylic acids is 1. The zero-order chi connectivity index (χ0) is 15.6. The van der Waals surface area contributed by atoms with Gasteiger partial charge in [0.25, 0.3) is 10.0 Å². The first-order chi connectivity index (χ1) is 9.89. The van der Waals surface area contributed by atoms with Gasteiger partial charge in [-0.3, -0.25) is 5.10 Å². The third-order valence-corrected chi connectivity index (χ3v) is 5.40. The summed E-state index contributed by atoms with van der Waals surface area (Å²) in [4.78, 5) is 11.8. The van der Waals surface area contributed by atoms with Crippen molar-refractivity contribution in [2.75, 3.05) is 20.3 Å². The molecule has 1 N–H and O–H groups in total. The lowest BCUT2D eigenvalue weighted by Crippen LogP contribution is -2.41. The monoisotopic (exact) mass is 317 g/mol. The van der Waals surface area contributed by atoms with Crippen molar-refractivity contribution in [3.05, 3.63) is 11.8 Å². The Kier molecular flexibility index (Phi) is 4.64. The number of likely N-dealkylation sites (N-methyl/N-ethyl adjacent to an activating group) is 1. The van der Waals surface area contributed by atoms with Crippen LogP contribution in [0.1, 0.15) is 30.6 Å². The number of aromatic nitrogens is 2. The molecule has 0 amide bonds. The average molecular weight is 317 g/mol. The highest BCUT2D eigenvalue weighted by Crippen LogP contribution is 2.25. The van der Waals surface area contributed by atoms with Crippen LogP contribution in [0.15, 0.2) is 11.2 Å². The Labute approximate surface area is 123 Å². The lowest BCUT2D eigenvalue weighted by atomic mass is 10.2. The Morgan fingerprint density at radius 3 is 2.90 bits per heavy atom. The maximum Gasteiger partial charge on any atom is 0.342 e. The molecule has 2 atom stereocenters.